The van der Waals surface area contributed by atoms with Crippen molar-refractivity contribution in [2.75, 3.05) is 18.5 Å². The molecule has 1 aliphatic rings. The van der Waals surface area contributed by atoms with E-state index in [-0.39, 0.29) is 12.3 Å². The van der Waals surface area contributed by atoms with Gasteiger partial charge >= 0.3 is 0 Å². The van der Waals surface area contributed by atoms with E-state index in [0.717, 1.165) is 5.69 Å². The number of anilines is 1. The third-order valence-electron chi connectivity index (χ3n) is 3.24. The van der Waals surface area contributed by atoms with Gasteiger partial charge in [0.1, 0.15) is 0 Å². The fraction of sp³-hybridized carbons (Fsp3) is 0.533. The van der Waals surface area contributed by atoms with E-state index in [2.05, 4.69) is 19.2 Å². The highest BCUT2D eigenvalue weighted by molar-refractivity contribution is 5.91. The van der Waals surface area contributed by atoms with E-state index in [0.29, 0.717) is 19.1 Å². The van der Waals surface area contributed by atoms with E-state index in [1.165, 1.54) is 5.56 Å². The van der Waals surface area contributed by atoms with Crippen molar-refractivity contribution in [3.8, 4) is 0 Å². The highest BCUT2D eigenvalue weighted by Crippen LogP contribution is 2.23. The van der Waals surface area contributed by atoms with Crippen LogP contribution in [0.1, 0.15) is 38.7 Å². The van der Waals surface area contributed by atoms with Crippen molar-refractivity contribution in [3.63, 3.8) is 0 Å². The van der Waals surface area contributed by atoms with Gasteiger partial charge in [0.15, 0.2) is 5.79 Å². The van der Waals surface area contributed by atoms with Gasteiger partial charge in [-0.25, -0.2) is 0 Å². The number of carbonyl (C=O) groups excluding carboxylic acids is 1. The van der Waals surface area contributed by atoms with Crippen LogP contribution in [-0.4, -0.2) is 24.9 Å². The third kappa shape index (κ3) is 3.78. The lowest BCUT2D eigenvalue weighted by Crippen LogP contribution is -2.31. The zero-order chi connectivity index (χ0) is 13.9. The monoisotopic (exact) mass is 263 g/mol. The maximum atomic E-state index is 11.9. The second kappa shape index (κ2) is 5.72. The third-order valence-corrected chi connectivity index (χ3v) is 3.24. The lowest BCUT2D eigenvalue weighted by atomic mass is 10.0. The van der Waals surface area contributed by atoms with Crippen LogP contribution in [0.15, 0.2) is 24.3 Å². The highest BCUT2D eigenvalue weighted by atomic mass is 16.7. The highest BCUT2D eigenvalue weighted by Gasteiger charge is 2.33. The number of hydrogen-bond donors (Lipinski definition) is 1. The molecule has 0 bridgehead atoms. The van der Waals surface area contributed by atoms with Gasteiger partial charge in [0.05, 0.1) is 19.6 Å². The Labute approximate surface area is 114 Å². The number of nitrogens with one attached hydrogen (secondary N) is 1. The summed E-state index contributed by atoms with van der Waals surface area (Å²) in [6, 6.07) is 7.91. The van der Waals surface area contributed by atoms with Crippen LogP contribution in [0.3, 0.4) is 0 Å². The number of rotatable bonds is 4. The molecule has 0 atom stereocenters. The normalized spacial score (nSPS) is 17.7. The Bertz CT molecular complexity index is 433. The van der Waals surface area contributed by atoms with Crippen LogP contribution in [0.2, 0.25) is 0 Å². The first-order valence-electron chi connectivity index (χ1n) is 6.66. The molecule has 0 aromatic heterocycles. The molecule has 104 valence electrons. The lowest BCUT2D eigenvalue weighted by molar-refractivity contribution is -0.156. The SMILES string of the molecule is CC(C)c1ccc(NC(=O)CC2(C)OCCO2)cc1. The van der Waals surface area contributed by atoms with E-state index in [1.807, 2.05) is 24.3 Å². The van der Waals surface area contributed by atoms with E-state index < -0.39 is 5.79 Å². The molecular weight excluding hydrogens is 242 g/mol. The zero-order valence-electron chi connectivity index (χ0n) is 11.7. The van der Waals surface area contributed by atoms with Gasteiger partial charge in [0.2, 0.25) is 5.91 Å². The molecule has 0 unspecified atom stereocenters. The van der Waals surface area contributed by atoms with Gasteiger partial charge < -0.3 is 14.8 Å². The number of carbonyl (C=O) groups is 1. The van der Waals surface area contributed by atoms with Gasteiger partial charge in [-0.1, -0.05) is 26.0 Å². The van der Waals surface area contributed by atoms with Gasteiger partial charge in [-0.05, 0) is 30.5 Å². The lowest BCUT2D eigenvalue weighted by Gasteiger charge is -2.21. The molecule has 4 nitrogen and oxygen atoms in total. The van der Waals surface area contributed by atoms with Gasteiger partial charge in [0, 0.05) is 5.69 Å². The molecule has 4 heteroatoms. The summed E-state index contributed by atoms with van der Waals surface area (Å²) in [5, 5.41) is 2.86. The van der Waals surface area contributed by atoms with E-state index >= 15 is 0 Å². The van der Waals surface area contributed by atoms with Crippen LogP contribution in [-0.2, 0) is 14.3 Å². The number of benzene rings is 1. The summed E-state index contributed by atoms with van der Waals surface area (Å²) in [5.74, 6) is -0.382. The van der Waals surface area contributed by atoms with E-state index in [9.17, 15) is 4.79 Å². The van der Waals surface area contributed by atoms with Crippen LogP contribution in [0.4, 0.5) is 5.69 Å². The van der Waals surface area contributed by atoms with Crippen molar-refractivity contribution in [1.29, 1.82) is 0 Å². The summed E-state index contributed by atoms with van der Waals surface area (Å²) >= 11 is 0. The Balaban J connectivity index is 1.91. The van der Waals surface area contributed by atoms with Crippen LogP contribution in [0.5, 0.6) is 0 Å². The molecule has 1 aromatic rings. The van der Waals surface area contributed by atoms with Gasteiger partial charge in [-0.15, -0.1) is 0 Å². The number of amides is 1. The van der Waals surface area contributed by atoms with Gasteiger partial charge in [-0.2, -0.15) is 0 Å². The van der Waals surface area contributed by atoms with Gasteiger partial charge in [-0.3, -0.25) is 4.79 Å². The summed E-state index contributed by atoms with van der Waals surface area (Å²) in [7, 11) is 0. The molecule has 1 amide bonds. The quantitative estimate of drug-likeness (QED) is 0.908. The van der Waals surface area contributed by atoms with Crippen LogP contribution >= 0.6 is 0 Å². The number of ether oxygens (including phenoxy) is 2. The summed E-state index contributed by atoms with van der Waals surface area (Å²) in [4.78, 5) is 11.9. The molecule has 1 aromatic carbocycles. The Hall–Kier alpha value is -1.39. The van der Waals surface area contributed by atoms with E-state index in [4.69, 9.17) is 9.47 Å². The fourth-order valence-electron chi connectivity index (χ4n) is 2.11. The summed E-state index contributed by atoms with van der Waals surface area (Å²) in [6.07, 6.45) is 0.207. The molecule has 0 aliphatic carbocycles. The molecule has 0 spiro atoms. The molecule has 1 aliphatic heterocycles. The maximum Gasteiger partial charge on any atom is 0.229 e. The van der Waals surface area contributed by atoms with Crippen molar-refractivity contribution >= 4 is 11.6 Å². The Morgan fingerprint density at radius 2 is 1.84 bits per heavy atom. The number of hydrogen-bond acceptors (Lipinski definition) is 3. The summed E-state index contributed by atoms with van der Waals surface area (Å²) in [5.41, 5.74) is 2.06. The molecule has 0 saturated carbocycles. The van der Waals surface area contributed by atoms with Crippen LogP contribution < -0.4 is 5.32 Å². The van der Waals surface area contributed by atoms with Crippen LogP contribution in [0, 0.1) is 0 Å². The minimum atomic E-state index is -0.776. The second-order valence-corrected chi connectivity index (χ2v) is 5.33. The average Bonchev–Trinajstić information content (AvgIpc) is 2.76. The maximum absolute atomic E-state index is 11.9. The predicted molar refractivity (Wildman–Crippen MR) is 74.1 cm³/mol. The smallest absolute Gasteiger partial charge is 0.229 e. The van der Waals surface area contributed by atoms with Crippen molar-refractivity contribution in [1.82, 2.24) is 0 Å². The molecule has 19 heavy (non-hydrogen) atoms. The molecule has 2 rings (SSSR count). The molecule has 1 saturated heterocycles. The molecule has 1 heterocycles. The average molecular weight is 263 g/mol. The Kier molecular flexibility index (Phi) is 4.22. The molecular formula is C15H21NO3. The Morgan fingerprint density at radius 1 is 1.26 bits per heavy atom. The largest absolute Gasteiger partial charge is 0.347 e. The van der Waals surface area contributed by atoms with Gasteiger partial charge in [0.25, 0.3) is 0 Å². The first kappa shape index (κ1) is 14.0. The van der Waals surface area contributed by atoms with E-state index in [1.54, 1.807) is 6.92 Å². The van der Waals surface area contributed by atoms with Crippen molar-refractivity contribution in [2.24, 2.45) is 0 Å². The predicted octanol–water partition coefficient (Wildman–Crippen LogP) is 2.90. The summed E-state index contributed by atoms with van der Waals surface area (Å²) in [6.45, 7) is 7.17. The molecule has 1 N–H and O–H groups in total. The second-order valence-electron chi connectivity index (χ2n) is 5.33. The van der Waals surface area contributed by atoms with Crippen molar-refractivity contribution in [3.05, 3.63) is 29.8 Å². The minimum Gasteiger partial charge on any atom is -0.347 e. The minimum absolute atomic E-state index is 0.0957. The van der Waals surface area contributed by atoms with Crippen molar-refractivity contribution < 1.29 is 14.3 Å². The van der Waals surface area contributed by atoms with Crippen molar-refractivity contribution in [2.45, 2.75) is 38.9 Å². The Morgan fingerprint density at radius 3 is 2.37 bits per heavy atom. The molecule has 0 radical (unpaired) electrons. The topological polar surface area (TPSA) is 47.6 Å². The van der Waals surface area contributed by atoms with Crippen LogP contribution in [0.25, 0.3) is 0 Å². The zero-order valence-corrected chi connectivity index (χ0v) is 11.7. The first-order chi connectivity index (χ1) is 8.98. The standard InChI is InChI=1S/C15H21NO3/c1-11(2)12-4-6-13(7-5-12)16-14(17)10-15(3)18-8-9-19-15/h4-7,11H,8-10H2,1-3H3,(H,16,17). The first-order valence-corrected chi connectivity index (χ1v) is 6.66. The fourth-order valence-corrected chi connectivity index (χ4v) is 2.11. The summed E-state index contributed by atoms with van der Waals surface area (Å²) < 4.78 is 10.8. The molecule has 1 fully saturated rings.